The third-order valence-electron chi connectivity index (χ3n) is 11.6. The molecule has 7 nitrogen and oxygen atoms in total. The molecule has 2 saturated heterocycles. The van der Waals surface area contributed by atoms with Crippen molar-refractivity contribution in [1.82, 2.24) is 19.8 Å². The van der Waals surface area contributed by atoms with Gasteiger partial charge in [0.1, 0.15) is 17.1 Å². The van der Waals surface area contributed by atoms with Gasteiger partial charge >= 0.3 is 0 Å². The number of carbonyl (C=O) groups excluding carboxylic acids is 1. The highest BCUT2D eigenvalue weighted by molar-refractivity contribution is 6.42. The molecule has 0 bridgehead atoms. The van der Waals surface area contributed by atoms with E-state index in [9.17, 15) is 4.79 Å². The fourth-order valence-corrected chi connectivity index (χ4v) is 9.10. The Hall–Kier alpha value is -3.88. The first kappa shape index (κ1) is 34.2. The number of benzene rings is 3. The molecule has 0 radical (unpaired) electrons. The third kappa shape index (κ3) is 7.02. The monoisotopic (exact) mass is 721 g/mol. The van der Waals surface area contributed by atoms with Gasteiger partial charge in [-0.05, 0) is 90.1 Å². The van der Waals surface area contributed by atoms with Crippen LogP contribution in [0.3, 0.4) is 0 Å². The van der Waals surface area contributed by atoms with Gasteiger partial charge in [0.25, 0.3) is 0 Å². The lowest BCUT2D eigenvalue weighted by atomic mass is 9.59. The lowest BCUT2D eigenvalue weighted by Crippen LogP contribution is -2.60. The highest BCUT2D eigenvalue weighted by Crippen LogP contribution is 2.53. The molecule has 264 valence electrons. The van der Waals surface area contributed by atoms with Crippen molar-refractivity contribution >= 4 is 46.2 Å². The van der Waals surface area contributed by atoms with Crippen molar-refractivity contribution in [2.45, 2.75) is 64.1 Å². The number of carbonyl (C=O) groups is 1. The summed E-state index contributed by atoms with van der Waals surface area (Å²) in [6, 6.07) is 25.9. The molecule has 1 N–H and O–H groups in total. The molecule has 1 atom stereocenters. The smallest absolute Gasteiger partial charge is 0.153 e. The van der Waals surface area contributed by atoms with Gasteiger partial charge in [-0.25, -0.2) is 4.98 Å². The van der Waals surface area contributed by atoms with Crippen LogP contribution in [0.2, 0.25) is 10.0 Å². The van der Waals surface area contributed by atoms with Crippen LogP contribution in [0.4, 0.5) is 5.69 Å². The molecule has 4 heterocycles. The molecule has 1 spiro atoms. The van der Waals surface area contributed by atoms with E-state index in [1.165, 1.54) is 42.4 Å². The van der Waals surface area contributed by atoms with Crippen LogP contribution in [0.25, 0.3) is 11.0 Å². The topological polar surface area (TPSA) is 64.7 Å². The van der Waals surface area contributed by atoms with E-state index in [0.717, 1.165) is 62.3 Å². The Morgan fingerprint density at radius 3 is 2.57 bits per heavy atom. The summed E-state index contributed by atoms with van der Waals surface area (Å²) in [6.45, 7) is 10.6. The predicted molar refractivity (Wildman–Crippen MR) is 207 cm³/mol. The lowest BCUT2D eigenvalue weighted by molar-refractivity contribution is -0.0628. The van der Waals surface area contributed by atoms with Gasteiger partial charge in [0, 0.05) is 74.7 Å². The summed E-state index contributed by atoms with van der Waals surface area (Å²) in [5.74, 6) is 1.65. The van der Waals surface area contributed by atoms with E-state index in [4.69, 9.17) is 27.9 Å². The Balaban J connectivity index is 0.943. The molecule has 1 saturated carbocycles. The van der Waals surface area contributed by atoms with E-state index in [1.807, 2.05) is 42.6 Å². The van der Waals surface area contributed by atoms with E-state index in [-0.39, 0.29) is 0 Å². The van der Waals surface area contributed by atoms with Crippen molar-refractivity contribution in [3.8, 4) is 11.5 Å². The summed E-state index contributed by atoms with van der Waals surface area (Å²) in [5, 5.41) is 2.19. The number of anilines is 1. The summed E-state index contributed by atoms with van der Waals surface area (Å²) in [4.78, 5) is 27.4. The van der Waals surface area contributed by atoms with Crippen molar-refractivity contribution in [1.29, 1.82) is 0 Å². The first-order chi connectivity index (χ1) is 24.8. The van der Waals surface area contributed by atoms with Crippen molar-refractivity contribution in [2.75, 3.05) is 37.6 Å². The molecule has 9 heteroatoms. The molecule has 8 rings (SSSR count). The van der Waals surface area contributed by atoms with Crippen molar-refractivity contribution < 1.29 is 9.53 Å². The van der Waals surface area contributed by atoms with Gasteiger partial charge in [0.15, 0.2) is 6.29 Å². The second-order valence-electron chi connectivity index (χ2n) is 15.1. The molecule has 1 unspecified atom stereocenters. The van der Waals surface area contributed by atoms with Crippen LogP contribution < -0.4 is 9.64 Å². The quantitative estimate of drug-likeness (QED) is 0.153. The second-order valence-corrected chi connectivity index (χ2v) is 15.9. The number of piperidine rings is 1. The number of aromatic amines is 1. The van der Waals surface area contributed by atoms with E-state index in [0.29, 0.717) is 50.5 Å². The molecular formula is C42H45Cl2N5O2. The minimum absolute atomic E-state index is 0.352. The summed E-state index contributed by atoms with van der Waals surface area (Å²) in [5.41, 5.74) is 6.97. The van der Waals surface area contributed by atoms with E-state index in [1.54, 1.807) is 6.20 Å². The Kier molecular flexibility index (Phi) is 9.57. The Bertz CT molecular complexity index is 2030. The van der Waals surface area contributed by atoms with Gasteiger partial charge in [-0.3, -0.25) is 14.6 Å². The molecule has 2 aromatic heterocycles. The first-order valence-corrected chi connectivity index (χ1v) is 19.0. The average molecular weight is 723 g/mol. The molecule has 3 fully saturated rings. The first-order valence-electron chi connectivity index (χ1n) is 18.2. The van der Waals surface area contributed by atoms with Gasteiger partial charge in [-0.2, -0.15) is 0 Å². The fourth-order valence-electron chi connectivity index (χ4n) is 8.78. The number of pyridine rings is 1. The zero-order chi connectivity index (χ0) is 35.1. The normalized spacial score (nSPS) is 19.9. The van der Waals surface area contributed by atoms with Gasteiger partial charge in [-0.15, -0.1) is 0 Å². The van der Waals surface area contributed by atoms with E-state index < -0.39 is 0 Å². The van der Waals surface area contributed by atoms with Gasteiger partial charge in [0.2, 0.25) is 0 Å². The number of H-pyrrole nitrogens is 1. The number of fused-ring (bicyclic) bond motifs is 1. The predicted octanol–water partition coefficient (Wildman–Crippen LogP) is 9.91. The number of nitrogens with one attached hydrogen (secondary N) is 1. The second kappa shape index (κ2) is 14.3. The van der Waals surface area contributed by atoms with Crippen LogP contribution in [-0.2, 0) is 6.54 Å². The molecule has 0 amide bonds. The van der Waals surface area contributed by atoms with Gasteiger partial charge in [0.05, 0.1) is 21.8 Å². The average Bonchev–Trinajstić information content (AvgIpc) is 3.60. The molecule has 5 aromatic rings. The Morgan fingerprint density at radius 1 is 0.961 bits per heavy atom. The van der Waals surface area contributed by atoms with Crippen LogP contribution >= 0.6 is 23.2 Å². The molecule has 1 aliphatic carbocycles. The summed E-state index contributed by atoms with van der Waals surface area (Å²) >= 11 is 12.6. The number of nitrogens with zero attached hydrogens (tertiary/aromatic N) is 4. The molecule has 51 heavy (non-hydrogen) atoms. The number of aromatic nitrogens is 2. The maximum Gasteiger partial charge on any atom is 0.153 e. The molecule has 2 aliphatic heterocycles. The lowest BCUT2D eigenvalue weighted by Gasteiger charge is -2.58. The highest BCUT2D eigenvalue weighted by Gasteiger charge is 2.50. The number of rotatable bonds is 9. The number of ether oxygens (including phenoxy) is 1. The summed E-state index contributed by atoms with van der Waals surface area (Å²) in [7, 11) is 0. The van der Waals surface area contributed by atoms with E-state index in [2.05, 4.69) is 74.9 Å². The highest BCUT2D eigenvalue weighted by atomic mass is 35.5. The number of piperazine rings is 1. The number of halogens is 2. The summed E-state index contributed by atoms with van der Waals surface area (Å²) in [6.07, 6.45) is 9.27. The number of aldehydes is 1. The van der Waals surface area contributed by atoms with Gasteiger partial charge < -0.3 is 14.6 Å². The minimum Gasteiger partial charge on any atom is -0.455 e. The maximum atomic E-state index is 11.9. The molecule has 3 aliphatic rings. The zero-order valence-corrected chi connectivity index (χ0v) is 30.8. The third-order valence-corrected chi connectivity index (χ3v) is 12.3. The molecule has 3 aromatic carbocycles. The van der Waals surface area contributed by atoms with Crippen LogP contribution in [0.15, 0.2) is 85.2 Å². The number of hydrogen-bond donors (Lipinski definition) is 1. The van der Waals surface area contributed by atoms with Crippen LogP contribution in [0.1, 0.15) is 78.5 Å². The SMILES string of the molecule is CC(C)c1ccccc1C1CN(Cc2ccc(Cl)c(Cl)c2)CCN1C1CC2(CCN(c3ccc(C=O)c(Oc4cnc5[nH]ccc5c4)c3)CC2)C1. The number of hydrogen-bond acceptors (Lipinski definition) is 6. The largest absolute Gasteiger partial charge is 0.455 e. The van der Waals surface area contributed by atoms with E-state index >= 15 is 0 Å². The van der Waals surface area contributed by atoms with Crippen molar-refractivity contribution in [3.63, 3.8) is 0 Å². The van der Waals surface area contributed by atoms with Crippen LogP contribution in [-0.4, -0.2) is 64.8 Å². The van der Waals surface area contributed by atoms with Crippen molar-refractivity contribution in [2.24, 2.45) is 5.41 Å². The zero-order valence-electron chi connectivity index (χ0n) is 29.3. The summed E-state index contributed by atoms with van der Waals surface area (Å²) < 4.78 is 6.23. The van der Waals surface area contributed by atoms with Crippen LogP contribution in [0, 0.1) is 5.41 Å². The van der Waals surface area contributed by atoms with Crippen molar-refractivity contribution in [3.05, 3.63) is 117 Å². The Labute approximate surface area is 310 Å². The Morgan fingerprint density at radius 2 is 1.78 bits per heavy atom. The minimum atomic E-state index is 0.352. The fraction of sp³-hybridized carbons (Fsp3) is 0.381. The maximum absolute atomic E-state index is 11.9. The van der Waals surface area contributed by atoms with Crippen LogP contribution in [0.5, 0.6) is 11.5 Å². The van der Waals surface area contributed by atoms with Gasteiger partial charge in [-0.1, -0.05) is 67.4 Å². The standard InChI is InChI=1S/C42H45Cl2N5O2/c1-28(2)35-5-3-4-6-36(35)39-26-47(25-29-7-10-37(43)38(44)19-29)17-18-49(39)33-22-42(23-33)12-15-48(16-13-42)32-9-8-31(27-50)40(21-32)51-34-20-30-11-14-45-41(30)46-24-34/h3-11,14,19-21,24,27-28,33,39H,12-13,15-18,22-23,25-26H2,1-2H3,(H,45,46). The molecular weight excluding hydrogens is 677 g/mol.